The van der Waals surface area contributed by atoms with Gasteiger partial charge in [0.1, 0.15) is 12.4 Å². The molecule has 0 aromatic rings. The van der Waals surface area contributed by atoms with Crippen molar-refractivity contribution in [2.24, 2.45) is 5.92 Å². The highest BCUT2D eigenvalue weighted by atomic mass is 28.4. The number of carbonyl (C=O) groups excluding carboxylic acids is 1. The lowest BCUT2D eigenvalue weighted by Crippen LogP contribution is -2.46. The van der Waals surface area contributed by atoms with Crippen LogP contribution in [0.2, 0.25) is 18.1 Å². The molecule has 2 atom stereocenters. The second-order valence-electron chi connectivity index (χ2n) is 5.98. The van der Waals surface area contributed by atoms with E-state index in [0.717, 1.165) is 12.7 Å². The predicted octanol–water partition coefficient (Wildman–Crippen LogP) is 3.79. The maximum atomic E-state index is 11.1. The maximum Gasteiger partial charge on any atom is 0.193 e. The summed E-state index contributed by atoms with van der Waals surface area (Å²) in [7, 11) is -1.85. The van der Waals surface area contributed by atoms with Gasteiger partial charge in [-0.1, -0.05) is 33.8 Å². The van der Waals surface area contributed by atoms with Crippen molar-refractivity contribution >= 4 is 14.6 Å². The SMILES string of the molecule is C=CC[C@@H](C)[C@H](C=O)O[Si](C)(C)C(C)(C)C. The van der Waals surface area contributed by atoms with Crippen LogP contribution >= 0.6 is 0 Å². The molecule has 0 aliphatic rings. The number of rotatable bonds is 6. The second kappa shape index (κ2) is 5.78. The van der Waals surface area contributed by atoms with E-state index in [1.807, 2.05) is 13.0 Å². The normalized spacial score (nSPS) is 16.6. The first kappa shape index (κ1) is 15.6. The van der Waals surface area contributed by atoms with Crippen LogP contribution in [-0.4, -0.2) is 20.7 Å². The lowest BCUT2D eigenvalue weighted by molar-refractivity contribution is -0.116. The van der Waals surface area contributed by atoms with Crippen LogP contribution in [0.1, 0.15) is 34.1 Å². The molecule has 0 aliphatic heterocycles. The topological polar surface area (TPSA) is 26.3 Å². The van der Waals surface area contributed by atoms with E-state index >= 15 is 0 Å². The quantitative estimate of drug-likeness (QED) is 0.402. The summed E-state index contributed by atoms with van der Waals surface area (Å²) in [6, 6.07) is 0. The number of aldehydes is 1. The van der Waals surface area contributed by atoms with Crippen molar-refractivity contribution < 1.29 is 9.22 Å². The summed E-state index contributed by atoms with van der Waals surface area (Å²) < 4.78 is 6.09. The summed E-state index contributed by atoms with van der Waals surface area (Å²) in [6.07, 6.45) is 3.31. The molecule has 94 valence electrons. The Morgan fingerprint density at radius 3 is 2.19 bits per heavy atom. The highest BCUT2D eigenvalue weighted by Crippen LogP contribution is 2.38. The van der Waals surface area contributed by atoms with Gasteiger partial charge in [0.15, 0.2) is 8.32 Å². The zero-order valence-corrected chi connectivity index (χ0v) is 12.5. The summed E-state index contributed by atoms with van der Waals surface area (Å²) >= 11 is 0. The molecule has 0 saturated heterocycles. The average molecular weight is 242 g/mol. The van der Waals surface area contributed by atoms with Crippen molar-refractivity contribution in [1.82, 2.24) is 0 Å². The molecule has 0 fully saturated rings. The van der Waals surface area contributed by atoms with Crippen LogP contribution in [-0.2, 0) is 9.22 Å². The number of carbonyl (C=O) groups is 1. The molecule has 2 nitrogen and oxygen atoms in total. The van der Waals surface area contributed by atoms with Gasteiger partial charge in [0.2, 0.25) is 0 Å². The Morgan fingerprint density at radius 2 is 1.88 bits per heavy atom. The Labute approximate surface area is 101 Å². The molecule has 0 aliphatic carbocycles. The fourth-order valence-electron chi connectivity index (χ4n) is 1.19. The van der Waals surface area contributed by atoms with Gasteiger partial charge in [-0.25, -0.2) is 0 Å². The van der Waals surface area contributed by atoms with E-state index < -0.39 is 8.32 Å². The minimum atomic E-state index is -1.85. The zero-order chi connectivity index (χ0) is 13.0. The maximum absolute atomic E-state index is 11.1. The Bertz CT molecular complexity index is 241. The van der Waals surface area contributed by atoms with Crippen LogP contribution in [0, 0.1) is 5.92 Å². The van der Waals surface area contributed by atoms with Crippen molar-refractivity contribution in [3.8, 4) is 0 Å². The first-order valence-corrected chi connectivity index (χ1v) is 8.80. The van der Waals surface area contributed by atoms with Crippen LogP contribution in [0.5, 0.6) is 0 Å². The smallest absolute Gasteiger partial charge is 0.193 e. The lowest BCUT2D eigenvalue weighted by atomic mass is 10.0. The van der Waals surface area contributed by atoms with E-state index in [0.29, 0.717) is 0 Å². The van der Waals surface area contributed by atoms with Crippen molar-refractivity contribution in [3.05, 3.63) is 12.7 Å². The molecule has 0 radical (unpaired) electrons. The van der Waals surface area contributed by atoms with Gasteiger partial charge >= 0.3 is 0 Å². The van der Waals surface area contributed by atoms with E-state index in [4.69, 9.17) is 4.43 Å². The Morgan fingerprint density at radius 1 is 1.38 bits per heavy atom. The molecule has 0 N–H and O–H groups in total. The first-order valence-electron chi connectivity index (χ1n) is 5.89. The molecule has 16 heavy (non-hydrogen) atoms. The molecular weight excluding hydrogens is 216 g/mol. The third-order valence-electron chi connectivity index (χ3n) is 3.47. The zero-order valence-electron chi connectivity index (χ0n) is 11.5. The van der Waals surface area contributed by atoms with E-state index in [1.54, 1.807) is 0 Å². The number of allylic oxidation sites excluding steroid dienone is 1. The average Bonchev–Trinajstić information content (AvgIpc) is 2.12. The predicted molar refractivity (Wildman–Crippen MR) is 72.1 cm³/mol. The lowest BCUT2D eigenvalue weighted by Gasteiger charge is -2.39. The molecule has 0 amide bonds. The van der Waals surface area contributed by atoms with E-state index in [1.165, 1.54) is 0 Å². The van der Waals surface area contributed by atoms with E-state index in [2.05, 4.69) is 40.4 Å². The van der Waals surface area contributed by atoms with Crippen molar-refractivity contribution in [2.45, 2.75) is 58.4 Å². The summed E-state index contributed by atoms with van der Waals surface area (Å²) in [6.45, 7) is 16.6. The number of hydrogen-bond acceptors (Lipinski definition) is 2. The van der Waals surface area contributed by atoms with Crippen molar-refractivity contribution in [1.29, 1.82) is 0 Å². The van der Waals surface area contributed by atoms with Crippen LogP contribution in [0.4, 0.5) is 0 Å². The molecular formula is C13H26O2Si. The number of hydrogen-bond donors (Lipinski definition) is 0. The highest BCUT2D eigenvalue weighted by molar-refractivity contribution is 6.74. The van der Waals surface area contributed by atoms with Crippen molar-refractivity contribution in [3.63, 3.8) is 0 Å². The Hall–Kier alpha value is -0.413. The first-order chi connectivity index (χ1) is 7.15. The monoisotopic (exact) mass is 242 g/mol. The van der Waals surface area contributed by atoms with E-state index in [-0.39, 0.29) is 17.1 Å². The Balaban J connectivity index is 4.66. The van der Waals surface area contributed by atoms with Crippen molar-refractivity contribution in [2.75, 3.05) is 0 Å². The van der Waals surface area contributed by atoms with Crippen LogP contribution in [0.25, 0.3) is 0 Å². The fraction of sp³-hybridized carbons (Fsp3) is 0.769. The largest absolute Gasteiger partial charge is 0.407 e. The van der Waals surface area contributed by atoms with Gasteiger partial charge in [-0.15, -0.1) is 6.58 Å². The molecule has 0 spiro atoms. The summed E-state index contributed by atoms with van der Waals surface area (Å²) in [5, 5.41) is 0.141. The molecule has 0 rings (SSSR count). The minimum absolute atomic E-state index is 0.141. The molecule has 0 heterocycles. The fourth-order valence-corrected chi connectivity index (χ4v) is 2.51. The van der Waals surface area contributed by atoms with E-state index in [9.17, 15) is 4.79 Å². The molecule has 0 bridgehead atoms. The minimum Gasteiger partial charge on any atom is -0.407 e. The Kier molecular flexibility index (Phi) is 5.63. The second-order valence-corrected chi connectivity index (χ2v) is 10.7. The van der Waals surface area contributed by atoms with Crippen LogP contribution in [0.3, 0.4) is 0 Å². The van der Waals surface area contributed by atoms with Gasteiger partial charge in [0.05, 0.1) is 0 Å². The third kappa shape index (κ3) is 4.22. The molecule has 0 unspecified atom stereocenters. The standard InChI is InChI=1S/C13H26O2Si/c1-8-9-11(2)12(10-14)15-16(6,7)13(3,4)5/h8,10-12H,1,9H2,2-7H3/t11-,12+/m1/s1. The molecule has 3 heteroatoms. The van der Waals surface area contributed by atoms with Gasteiger partial charge in [0, 0.05) is 0 Å². The molecule has 0 saturated carbocycles. The molecule has 0 aromatic carbocycles. The van der Waals surface area contributed by atoms with Gasteiger partial charge in [-0.3, -0.25) is 0 Å². The van der Waals surface area contributed by atoms with Gasteiger partial charge in [0.25, 0.3) is 0 Å². The highest BCUT2D eigenvalue weighted by Gasteiger charge is 2.39. The third-order valence-corrected chi connectivity index (χ3v) is 7.94. The van der Waals surface area contributed by atoms with Crippen LogP contribution in [0.15, 0.2) is 12.7 Å². The van der Waals surface area contributed by atoms with Crippen LogP contribution < -0.4 is 0 Å². The van der Waals surface area contributed by atoms with Gasteiger partial charge in [-0.05, 0) is 30.5 Å². The summed E-state index contributed by atoms with van der Waals surface area (Å²) in [5.41, 5.74) is 0. The molecule has 0 aromatic heterocycles. The summed E-state index contributed by atoms with van der Waals surface area (Å²) in [4.78, 5) is 11.1. The van der Waals surface area contributed by atoms with Gasteiger partial charge in [-0.2, -0.15) is 0 Å². The summed E-state index contributed by atoms with van der Waals surface area (Å²) in [5.74, 6) is 0.212. The van der Waals surface area contributed by atoms with Gasteiger partial charge < -0.3 is 9.22 Å².